The number of carbonyl (C=O) groups excluding carboxylic acids is 2. The topological polar surface area (TPSA) is 226 Å². The molecule has 1 amide bonds. The van der Waals surface area contributed by atoms with E-state index in [1.54, 1.807) is 0 Å². The average Bonchev–Trinajstić information content (AvgIpc) is 3.02. The molecular formula is C31H36N2O13. The van der Waals surface area contributed by atoms with Crippen LogP contribution in [0, 0.1) is 0 Å². The van der Waals surface area contributed by atoms with Crippen LogP contribution in [-0.2, 0) is 14.3 Å². The standard InChI is InChI=1S/C31H36N2O13/c1-33(2)13-3-12-32-31(42)46-20-9-8-18-25(38)19(16-4-6-17(7-5-16)44-23(37)11-10-22(35)36)15-43-29(18)24(20)30-28(41)27(40)26(39)21(14-34)45-30/h4-9,15,21,26-28,30,34,39-41H,3,10-14H2,1-2H3,(H,32,42)(H,35,36)/t21-,26-,27+,28-,30+/m1/s1. The fourth-order valence-corrected chi connectivity index (χ4v) is 4.92. The van der Waals surface area contributed by atoms with Gasteiger partial charge in [-0.1, -0.05) is 12.1 Å². The van der Waals surface area contributed by atoms with Crippen molar-refractivity contribution in [1.82, 2.24) is 10.2 Å². The molecule has 5 atom stereocenters. The smallest absolute Gasteiger partial charge is 0.412 e. The van der Waals surface area contributed by atoms with E-state index >= 15 is 0 Å². The summed E-state index contributed by atoms with van der Waals surface area (Å²) in [7, 11) is 3.77. The van der Waals surface area contributed by atoms with Gasteiger partial charge in [0.05, 0.1) is 36.0 Å². The maximum absolute atomic E-state index is 13.7. The third-order valence-electron chi connectivity index (χ3n) is 7.31. The van der Waals surface area contributed by atoms with Crippen LogP contribution in [0.5, 0.6) is 11.5 Å². The van der Waals surface area contributed by atoms with Gasteiger partial charge >= 0.3 is 18.0 Å². The van der Waals surface area contributed by atoms with Crippen LogP contribution in [0.2, 0.25) is 0 Å². The second-order valence-corrected chi connectivity index (χ2v) is 10.9. The van der Waals surface area contributed by atoms with E-state index in [0.717, 1.165) is 6.26 Å². The summed E-state index contributed by atoms with van der Waals surface area (Å²) >= 11 is 0. The molecule has 0 saturated carbocycles. The summed E-state index contributed by atoms with van der Waals surface area (Å²) in [5.74, 6) is -1.90. The third kappa shape index (κ3) is 8.06. The molecule has 15 heteroatoms. The Labute approximate surface area is 262 Å². The number of hydrogen-bond acceptors (Lipinski definition) is 13. The Morgan fingerprint density at radius 1 is 0.957 bits per heavy atom. The Morgan fingerprint density at radius 2 is 1.67 bits per heavy atom. The molecule has 15 nitrogen and oxygen atoms in total. The SMILES string of the molecule is CN(C)CCCNC(=O)Oc1ccc2c(=O)c(-c3ccc(OC(=O)CCC(=O)O)cc3)coc2c1[C@@H]1O[C@H](CO)[C@@H](O)[C@H](O)[C@H]1O. The highest BCUT2D eigenvalue weighted by molar-refractivity contribution is 5.87. The molecule has 0 radical (unpaired) electrons. The van der Waals surface area contributed by atoms with Crippen molar-refractivity contribution in [2.75, 3.05) is 33.8 Å². The molecule has 2 heterocycles. The zero-order valence-corrected chi connectivity index (χ0v) is 25.1. The quantitative estimate of drug-likeness (QED) is 0.0911. The van der Waals surface area contributed by atoms with Gasteiger partial charge in [-0.05, 0) is 56.9 Å². The van der Waals surface area contributed by atoms with Gasteiger partial charge in [0.2, 0.25) is 5.43 Å². The van der Waals surface area contributed by atoms with E-state index in [4.69, 9.17) is 23.7 Å². The van der Waals surface area contributed by atoms with Gasteiger partial charge < -0.3 is 54.4 Å². The van der Waals surface area contributed by atoms with E-state index in [1.807, 2.05) is 19.0 Å². The van der Waals surface area contributed by atoms with Gasteiger partial charge in [0.15, 0.2) is 0 Å². The third-order valence-corrected chi connectivity index (χ3v) is 7.31. The summed E-state index contributed by atoms with van der Waals surface area (Å²) in [5, 5.41) is 52.8. The Hall–Kier alpha value is -4.38. The number of amides is 1. The normalized spacial score (nSPS) is 21.2. The summed E-state index contributed by atoms with van der Waals surface area (Å²) in [6.45, 7) is 0.285. The second kappa shape index (κ2) is 15.3. The predicted octanol–water partition coefficient (Wildman–Crippen LogP) is 0.785. The van der Waals surface area contributed by atoms with E-state index in [0.29, 0.717) is 25.1 Å². The summed E-state index contributed by atoms with van der Waals surface area (Å²) in [4.78, 5) is 50.9. The van der Waals surface area contributed by atoms with Crippen molar-refractivity contribution in [3.63, 3.8) is 0 Å². The number of hydrogen-bond donors (Lipinski definition) is 6. The molecule has 1 fully saturated rings. The molecule has 248 valence electrons. The van der Waals surface area contributed by atoms with Crippen molar-refractivity contribution in [2.24, 2.45) is 0 Å². The first-order chi connectivity index (χ1) is 21.9. The molecule has 3 aromatic rings. The maximum Gasteiger partial charge on any atom is 0.412 e. The zero-order chi connectivity index (χ0) is 33.5. The molecule has 4 rings (SSSR count). The first-order valence-electron chi connectivity index (χ1n) is 14.4. The number of carboxylic acids is 1. The molecule has 0 spiro atoms. The van der Waals surface area contributed by atoms with Crippen LogP contribution in [0.3, 0.4) is 0 Å². The molecular weight excluding hydrogens is 608 g/mol. The molecule has 2 aromatic carbocycles. The molecule has 0 aliphatic carbocycles. The van der Waals surface area contributed by atoms with Crippen LogP contribution in [-0.4, -0.2) is 107 Å². The van der Waals surface area contributed by atoms with Crippen LogP contribution in [0.1, 0.15) is 30.9 Å². The number of fused-ring (bicyclic) bond motifs is 1. The monoisotopic (exact) mass is 644 g/mol. The zero-order valence-electron chi connectivity index (χ0n) is 25.1. The number of esters is 1. The number of benzene rings is 2. The Morgan fingerprint density at radius 3 is 2.33 bits per heavy atom. The second-order valence-electron chi connectivity index (χ2n) is 10.9. The van der Waals surface area contributed by atoms with E-state index < -0.39 is 60.6 Å². The van der Waals surface area contributed by atoms with Gasteiger partial charge in [-0.2, -0.15) is 0 Å². The summed E-state index contributed by atoms with van der Waals surface area (Å²) in [6.07, 6.45) is -7.76. The number of aliphatic hydroxyl groups excluding tert-OH is 4. The summed E-state index contributed by atoms with van der Waals surface area (Å²) < 4.78 is 22.3. The van der Waals surface area contributed by atoms with Gasteiger partial charge in [0.25, 0.3) is 0 Å². The number of nitrogens with one attached hydrogen (secondary N) is 1. The highest BCUT2D eigenvalue weighted by atomic mass is 16.6. The number of aliphatic carboxylic acids is 1. The van der Waals surface area contributed by atoms with Crippen molar-refractivity contribution in [3.8, 4) is 22.6 Å². The van der Waals surface area contributed by atoms with Crippen molar-refractivity contribution in [1.29, 1.82) is 0 Å². The lowest BCUT2D eigenvalue weighted by atomic mass is 9.89. The van der Waals surface area contributed by atoms with E-state index in [9.17, 15) is 39.6 Å². The first kappa shape index (κ1) is 34.5. The minimum atomic E-state index is -1.77. The number of ether oxygens (including phenoxy) is 3. The van der Waals surface area contributed by atoms with Crippen molar-refractivity contribution < 1.29 is 58.5 Å². The Kier molecular flexibility index (Phi) is 11.4. The maximum atomic E-state index is 13.7. The lowest BCUT2D eigenvalue weighted by Crippen LogP contribution is -2.55. The number of carboxylic acid groups (broad SMARTS) is 1. The lowest BCUT2D eigenvalue weighted by molar-refractivity contribution is -0.231. The Bertz CT molecular complexity index is 1600. The van der Waals surface area contributed by atoms with Crippen LogP contribution < -0.4 is 20.2 Å². The molecule has 1 aromatic heterocycles. The van der Waals surface area contributed by atoms with Gasteiger partial charge in [-0.15, -0.1) is 0 Å². The molecule has 0 unspecified atom stereocenters. The molecule has 6 N–H and O–H groups in total. The number of nitrogens with zero attached hydrogens (tertiary/aromatic N) is 1. The van der Waals surface area contributed by atoms with Crippen molar-refractivity contribution in [3.05, 3.63) is 58.4 Å². The molecule has 1 aliphatic rings. The fourth-order valence-electron chi connectivity index (χ4n) is 4.92. The molecule has 1 aliphatic heterocycles. The minimum Gasteiger partial charge on any atom is -0.481 e. The number of rotatable bonds is 12. The lowest BCUT2D eigenvalue weighted by Gasteiger charge is -2.40. The highest BCUT2D eigenvalue weighted by Gasteiger charge is 2.46. The van der Waals surface area contributed by atoms with Crippen LogP contribution in [0.15, 0.2) is 51.9 Å². The first-order valence-corrected chi connectivity index (χ1v) is 14.4. The van der Waals surface area contributed by atoms with E-state index in [-0.39, 0.29) is 46.4 Å². The van der Waals surface area contributed by atoms with Gasteiger partial charge in [-0.3, -0.25) is 14.4 Å². The van der Waals surface area contributed by atoms with Gasteiger partial charge in [0.1, 0.15) is 53.9 Å². The van der Waals surface area contributed by atoms with E-state index in [1.165, 1.54) is 36.4 Å². The highest BCUT2D eigenvalue weighted by Crippen LogP contribution is 2.41. The average molecular weight is 645 g/mol. The minimum absolute atomic E-state index is 0.00706. The fraction of sp³-hybridized carbons (Fsp3) is 0.419. The summed E-state index contributed by atoms with van der Waals surface area (Å²) in [5.41, 5.74) is -0.292. The summed E-state index contributed by atoms with van der Waals surface area (Å²) in [6, 6.07) is 8.49. The molecule has 46 heavy (non-hydrogen) atoms. The number of aliphatic hydroxyl groups is 4. The van der Waals surface area contributed by atoms with Crippen molar-refractivity contribution in [2.45, 2.75) is 49.8 Å². The predicted molar refractivity (Wildman–Crippen MR) is 160 cm³/mol. The van der Waals surface area contributed by atoms with Crippen LogP contribution in [0.25, 0.3) is 22.1 Å². The van der Waals surface area contributed by atoms with Gasteiger partial charge in [0, 0.05) is 6.54 Å². The van der Waals surface area contributed by atoms with E-state index in [2.05, 4.69) is 5.32 Å². The van der Waals surface area contributed by atoms with Crippen LogP contribution in [0.4, 0.5) is 4.79 Å². The van der Waals surface area contributed by atoms with Crippen LogP contribution >= 0.6 is 0 Å². The Balaban J connectivity index is 1.69. The van der Waals surface area contributed by atoms with Gasteiger partial charge in [-0.25, -0.2) is 4.79 Å². The molecule has 0 bridgehead atoms. The molecule has 1 saturated heterocycles. The van der Waals surface area contributed by atoms with Crippen molar-refractivity contribution >= 4 is 29.0 Å². The largest absolute Gasteiger partial charge is 0.481 e. The number of carbonyl (C=O) groups is 3.